The Hall–Kier alpha value is -3.72. The minimum absolute atomic E-state index is 0.0206. The van der Waals surface area contributed by atoms with Gasteiger partial charge in [-0.1, -0.05) is 91.2 Å². The molecule has 0 spiro atoms. The summed E-state index contributed by atoms with van der Waals surface area (Å²) in [6, 6.07) is 0. The number of anilines is 2. The highest BCUT2D eigenvalue weighted by Crippen LogP contribution is 2.67. The standard InChI is InChI=1S/C73H123N5O26/c1-38(2)15-14-16-39(3)43-20-21-44-42-19-18-40-33-41(22-24-72(40,4)45(42)23-25-73(43,44)5)98-71(95)78-29-28-74-26-11-12-27-76-51-52(58(88)57(51)87)77-31-30-75-50(82)17-10-8-6-7-9-13-32-96-68-64(94)65(56(86)49(102-68)37-97-67-62(92)59(89)53(83)46(34-79)99-67)103-70-66(61(91)55(85)48(36-81)101-70)104-69-63(93)60(90)54(84)47(35-80)100-69/h18,38-39,41-49,53-56,59-70,74,76-77,79-81,83-86,89-94H,6-17,19-37H2,1-5H3,(H,75,82)(H,78,95)/t39-,41+,42+,43-,44+,45+,46-,47-,48-,49-,53-,54-,55-,56-,59+,60+,61+,62+,63+,64+,65+,66+,67+,68-,69-,70-,72+,73-/m1/s1. The van der Waals surface area contributed by atoms with E-state index in [1.807, 2.05) is 0 Å². The SMILES string of the molecule is CC(C)CCC[C@@H](C)[C@H]1CC[C@H]2[C@@H]3CC=C4C[C@@H](OC(=O)NCCNCCCCNc5c(NCCNC(=O)CCCCCCCCO[C@@H]6O[C@H](CO[C@H]7O[C@H](CO)[C@@H](O)[C@H](O)[C@@H]7O)[C@@H](O)[C@H](O[C@H]7O[C@H](CO)[C@@H](O)[C@H](O)[C@@H]7O[C@H]7O[C@H](CO)[C@@H](O)[C@H](O)[C@@H]7O)[C@@H]6O)c(=O)c5=O)CC[C@]4(C)[C@H]3CC[C@]12C. The average molecular weight is 1490 g/mol. The highest BCUT2D eigenvalue weighted by Gasteiger charge is 2.60. The van der Waals surface area contributed by atoms with Crippen molar-refractivity contribution in [3.63, 3.8) is 0 Å². The van der Waals surface area contributed by atoms with Crippen LogP contribution in [0.15, 0.2) is 21.2 Å². The summed E-state index contributed by atoms with van der Waals surface area (Å²) < 4.78 is 52.0. The molecular formula is C73H123N5O26. The second-order valence-electron chi connectivity index (χ2n) is 31.5. The topological polar surface area (TPSA) is 474 Å². The van der Waals surface area contributed by atoms with Gasteiger partial charge < -0.3 is 136 Å². The number of ether oxygens (including phenoxy) is 9. The van der Waals surface area contributed by atoms with Crippen molar-refractivity contribution in [2.45, 2.75) is 292 Å². The number of fused-ring (bicyclic) bond motifs is 5. The number of rotatable bonds is 39. The summed E-state index contributed by atoms with van der Waals surface area (Å²) >= 11 is 0. The lowest BCUT2D eigenvalue weighted by Crippen LogP contribution is -2.67. The number of alkyl carbamates (subject to hydrolysis) is 1. The van der Waals surface area contributed by atoms with Crippen LogP contribution in [-0.4, -0.2) is 280 Å². The lowest BCUT2D eigenvalue weighted by Gasteiger charge is -2.58. The van der Waals surface area contributed by atoms with Crippen molar-refractivity contribution in [1.29, 1.82) is 0 Å². The largest absolute Gasteiger partial charge is 0.446 e. The van der Waals surface area contributed by atoms with Gasteiger partial charge in [0.2, 0.25) is 5.91 Å². The molecule has 28 atom stereocenters. The second kappa shape index (κ2) is 39.3. The van der Waals surface area contributed by atoms with Gasteiger partial charge in [0.15, 0.2) is 25.2 Å². The molecule has 9 rings (SSSR count). The first kappa shape index (κ1) is 84.3. The number of amides is 2. The van der Waals surface area contributed by atoms with Gasteiger partial charge in [-0.15, -0.1) is 0 Å². The number of aliphatic hydroxyl groups excluding tert-OH is 13. The molecule has 31 heteroatoms. The highest BCUT2D eigenvalue weighted by atomic mass is 16.8. The monoisotopic (exact) mass is 1490 g/mol. The van der Waals surface area contributed by atoms with Crippen LogP contribution in [0.4, 0.5) is 16.2 Å². The van der Waals surface area contributed by atoms with E-state index in [2.05, 4.69) is 67.3 Å². The Kier molecular flexibility index (Phi) is 31.8. The number of nitrogens with one attached hydrogen (secondary N) is 5. The van der Waals surface area contributed by atoms with Gasteiger partial charge in [0.05, 0.1) is 26.4 Å². The predicted molar refractivity (Wildman–Crippen MR) is 375 cm³/mol. The van der Waals surface area contributed by atoms with Crippen molar-refractivity contribution in [1.82, 2.24) is 16.0 Å². The van der Waals surface area contributed by atoms with Gasteiger partial charge in [0.25, 0.3) is 10.9 Å². The minimum Gasteiger partial charge on any atom is -0.446 e. The molecule has 2 amide bonds. The van der Waals surface area contributed by atoms with Crippen molar-refractivity contribution >= 4 is 23.4 Å². The van der Waals surface area contributed by atoms with Crippen LogP contribution in [0.3, 0.4) is 0 Å². The van der Waals surface area contributed by atoms with E-state index >= 15 is 0 Å². The predicted octanol–water partition coefficient (Wildman–Crippen LogP) is -0.252. The van der Waals surface area contributed by atoms with E-state index in [9.17, 15) is 85.6 Å². The molecule has 104 heavy (non-hydrogen) atoms. The van der Waals surface area contributed by atoms with Crippen LogP contribution in [0.5, 0.6) is 0 Å². The van der Waals surface area contributed by atoms with Crippen LogP contribution >= 0.6 is 0 Å². The van der Waals surface area contributed by atoms with Gasteiger partial charge in [-0.3, -0.25) is 14.4 Å². The number of allylic oxidation sites excluding steroid dienone is 1. The zero-order valence-electron chi connectivity index (χ0n) is 61.2. The normalized spacial score (nSPS) is 39.0. The van der Waals surface area contributed by atoms with Crippen molar-refractivity contribution in [3.05, 3.63) is 32.1 Å². The summed E-state index contributed by atoms with van der Waals surface area (Å²) in [5.41, 5.74) is 1.36. The molecule has 31 nitrogen and oxygen atoms in total. The van der Waals surface area contributed by atoms with E-state index in [1.165, 1.54) is 50.5 Å². The zero-order chi connectivity index (χ0) is 75.2. The molecule has 596 valence electrons. The smallest absolute Gasteiger partial charge is 0.407 e. The molecule has 3 saturated carbocycles. The summed E-state index contributed by atoms with van der Waals surface area (Å²) in [6.45, 7) is 11.8. The van der Waals surface area contributed by atoms with Gasteiger partial charge in [-0.25, -0.2) is 4.79 Å². The van der Waals surface area contributed by atoms with E-state index in [1.54, 1.807) is 0 Å². The first-order chi connectivity index (χ1) is 49.8. The Morgan fingerprint density at radius 1 is 0.538 bits per heavy atom. The quantitative estimate of drug-likeness (QED) is 0.0229. The Bertz CT molecular complexity index is 2910. The van der Waals surface area contributed by atoms with Crippen molar-refractivity contribution in [2.24, 2.45) is 46.3 Å². The Morgan fingerprint density at radius 2 is 1.12 bits per heavy atom. The fraction of sp³-hybridized carbons (Fsp3) is 0.890. The number of hydrogen-bond acceptors (Lipinski definition) is 29. The molecule has 4 saturated heterocycles. The molecule has 8 aliphatic rings. The lowest BCUT2D eigenvalue weighted by molar-refractivity contribution is -0.390. The Labute approximate surface area is 609 Å². The molecular weight excluding hydrogens is 1360 g/mol. The summed E-state index contributed by atoms with van der Waals surface area (Å²) in [7, 11) is 0. The van der Waals surface area contributed by atoms with Gasteiger partial charge in [0, 0.05) is 52.2 Å². The molecule has 1 aromatic rings. The fourth-order valence-corrected chi connectivity index (χ4v) is 17.9. The third-order valence-corrected chi connectivity index (χ3v) is 24.1. The van der Waals surface area contributed by atoms with Crippen molar-refractivity contribution in [2.75, 3.05) is 82.9 Å². The summed E-state index contributed by atoms with van der Waals surface area (Å²) in [6.07, 6.45) is -14.4. The maximum atomic E-state index is 13.0. The summed E-state index contributed by atoms with van der Waals surface area (Å²) in [5, 5.41) is 153. The molecule has 0 bridgehead atoms. The van der Waals surface area contributed by atoms with Gasteiger partial charge in [-0.05, 0) is 124 Å². The van der Waals surface area contributed by atoms with E-state index in [4.69, 9.17) is 42.6 Å². The minimum atomic E-state index is -2.01. The fourth-order valence-electron chi connectivity index (χ4n) is 17.9. The highest BCUT2D eigenvalue weighted by molar-refractivity contribution is 5.76. The Morgan fingerprint density at radius 3 is 1.81 bits per heavy atom. The zero-order valence-corrected chi connectivity index (χ0v) is 61.2. The van der Waals surface area contributed by atoms with Crippen LogP contribution in [-0.2, 0) is 47.4 Å². The number of unbranched alkanes of at least 4 members (excludes halogenated alkanes) is 6. The van der Waals surface area contributed by atoms with Crippen LogP contribution in [0.1, 0.15) is 163 Å². The van der Waals surface area contributed by atoms with E-state index < -0.39 is 160 Å². The van der Waals surface area contributed by atoms with Crippen LogP contribution in [0, 0.1) is 46.3 Å². The number of hydrogen-bond donors (Lipinski definition) is 18. The average Bonchev–Trinajstić information content (AvgIpc) is 1.43. The molecule has 7 fully saturated rings. The summed E-state index contributed by atoms with van der Waals surface area (Å²) in [5.74, 6) is 4.52. The molecule has 18 N–H and O–H groups in total. The molecule has 1 aromatic carbocycles. The molecule has 4 aliphatic heterocycles. The lowest BCUT2D eigenvalue weighted by atomic mass is 9.47. The van der Waals surface area contributed by atoms with Crippen LogP contribution < -0.4 is 37.4 Å². The second-order valence-corrected chi connectivity index (χ2v) is 31.5. The number of carbonyl (C=O) groups is 2. The van der Waals surface area contributed by atoms with E-state index in [0.29, 0.717) is 56.8 Å². The van der Waals surface area contributed by atoms with Gasteiger partial charge in [-0.2, -0.15) is 0 Å². The molecule has 0 radical (unpaired) electrons. The first-order valence-electron chi connectivity index (χ1n) is 38.5. The third-order valence-electron chi connectivity index (χ3n) is 24.1. The maximum Gasteiger partial charge on any atom is 0.407 e. The van der Waals surface area contributed by atoms with Crippen molar-refractivity contribution < 1.29 is 119 Å². The van der Waals surface area contributed by atoms with Gasteiger partial charge in [0.1, 0.15) is 115 Å². The van der Waals surface area contributed by atoms with Crippen molar-refractivity contribution in [3.8, 4) is 0 Å². The van der Waals surface area contributed by atoms with E-state index in [-0.39, 0.29) is 61.0 Å². The maximum absolute atomic E-state index is 13.0. The molecule has 0 aromatic heterocycles. The number of aliphatic hydroxyl groups is 13. The van der Waals surface area contributed by atoms with Crippen LogP contribution in [0.2, 0.25) is 0 Å². The first-order valence-corrected chi connectivity index (χ1v) is 38.5. The number of carbonyl (C=O) groups excluding carboxylic acids is 2. The van der Waals surface area contributed by atoms with Gasteiger partial charge >= 0.3 is 6.09 Å². The summed E-state index contributed by atoms with van der Waals surface area (Å²) in [4.78, 5) is 50.5. The Balaban J connectivity index is 0.622. The van der Waals surface area contributed by atoms with E-state index in [0.717, 1.165) is 87.4 Å². The molecule has 0 unspecified atom stereocenters. The molecule has 4 aliphatic carbocycles. The third kappa shape index (κ3) is 20.3. The molecule has 4 heterocycles. The van der Waals surface area contributed by atoms with Crippen LogP contribution in [0.25, 0.3) is 0 Å².